The number of ether oxygens (including phenoxy) is 1. The minimum absolute atomic E-state index is 0.0136. The van der Waals surface area contributed by atoms with E-state index in [4.69, 9.17) is 4.74 Å². The molecule has 0 bridgehead atoms. The van der Waals surface area contributed by atoms with E-state index in [2.05, 4.69) is 17.0 Å². The summed E-state index contributed by atoms with van der Waals surface area (Å²) in [5.74, 6) is 0.859. The highest BCUT2D eigenvalue weighted by atomic mass is 16.5. The van der Waals surface area contributed by atoms with Crippen LogP contribution < -0.4 is 14.5 Å². The van der Waals surface area contributed by atoms with Crippen LogP contribution in [-0.4, -0.2) is 56.5 Å². The van der Waals surface area contributed by atoms with Crippen LogP contribution in [0.15, 0.2) is 48.5 Å². The van der Waals surface area contributed by atoms with Crippen molar-refractivity contribution in [3.05, 3.63) is 54.1 Å². The fraction of sp³-hybridized carbons (Fsp3) is 0.333. The van der Waals surface area contributed by atoms with E-state index in [1.807, 2.05) is 48.3 Å². The average Bonchev–Trinajstić information content (AvgIpc) is 3.00. The molecule has 6 nitrogen and oxygen atoms in total. The molecule has 27 heavy (non-hydrogen) atoms. The normalized spacial score (nSPS) is 16.5. The van der Waals surface area contributed by atoms with Gasteiger partial charge in [0.05, 0.1) is 6.42 Å². The van der Waals surface area contributed by atoms with Crippen LogP contribution in [0.3, 0.4) is 0 Å². The smallest absolute Gasteiger partial charge is 0.260 e. The Kier molecular flexibility index (Phi) is 4.71. The zero-order chi connectivity index (χ0) is 18.8. The van der Waals surface area contributed by atoms with Gasteiger partial charge in [-0.1, -0.05) is 18.2 Å². The topological polar surface area (TPSA) is 53.1 Å². The van der Waals surface area contributed by atoms with Gasteiger partial charge < -0.3 is 19.4 Å². The lowest BCUT2D eigenvalue weighted by Gasteiger charge is -2.36. The summed E-state index contributed by atoms with van der Waals surface area (Å²) in [7, 11) is 1.82. The standard InChI is InChI=1S/C21H23N3O3/c1-22-19-8-7-17(13-16(19)14-20(22)25)23-9-11-24(12-10-23)21(26)15-27-18-5-3-2-4-6-18/h2-8,13H,9-12,14-15H2,1H3. The number of anilines is 2. The zero-order valence-electron chi connectivity index (χ0n) is 15.4. The number of fused-ring (bicyclic) bond motifs is 1. The molecule has 2 aromatic carbocycles. The molecule has 0 spiro atoms. The van der Waals surface area contributed by atoms with Gasteiger partial charge in [-0.2, -0.15) is 0 Å². The number of hydrogen-bond donors (Lipinski definition) is 0. The van der Waals surface area contributed by atoms with Gasteiger partial charge >= 0.3 is 0 Å². The number of piperazine rings is 1. The van der Waals surface area contributed by atoms with E-state index in [0.29, 0.717) is 25.3 Å². The van der Waals surface area contributed by atoms with E-state index in [1.165, 1.54) is 0 Å². The predicted octanol–water partition coefficient (Wildman–Crippen LogP) is 1.93. The monoisotopic (exact) mass is 365 g/mol. The van der Waals surface area contributed by atoms with Crippen molar-refractivity contribution in [2.75, 3.05) is 49.6 Å². The lowest BCUT2D eigenvalue weighted by molar-refractivity contribution is -0.133. The number of carbonyl (C=O) groups excluding carboxylic acids is 2. The summed E-state index contributed by atoms with van der Waals surface area (Å²) in [5.41, 5.74) is 3.19. The van der Waals surface area contributed by atoms with Gasteiger partial charge in [0.2, 0.25) is 5.91 Å². The van der Waals surface area contributed by atoms with Gasteiger partial charge in [0, 0.05) is 44.6 Å². The first-order valence-electron chi connectivity index (χ1n) is 9.22. The first-order valence-corrected chi connectivity index (χ1v) is 9.22. The molecule has 0 atom stereocenters. The average molecular weight is 365 g/mol. The number of carbonyl (C=O) groups is 2. The van der Waals surface area contributed by atoms with Crippen LogP contribution in [0.1, 0.15) is 5.56 Å². The third-order valence-corrected chi connectivity index (χ3v) is 5.24. The number of likely N-dealkylation sites (N-methyl/N-ethyl adjacent to an activating group) is 1. The van der Waals surface area contributed by atoms with Crippen molar-refractivity contribution < 1.29 is 14.3 Å². The first-order chi connectivity index (χ1) is 13.1. The summed E-state index contributed by atoms with van der Waals surface area (Å²) < 4.78 is 5.56. The predicted molar refractivity (Wildman–Crippen MR) is 104 cm³/mol. The molecule has 0 aromatic heterocycles. The maximum absolute atomic E-state index is 12.4. The Hall–Kier alpha value is -3.02. The van der Waals surface area contributed by atoms with Gasteiger partial charge in [-0.3, -0.25) is 9.59 Å². The fourth-order valence-corrected chi connectivity index (χ4v) is 3.62. The number of rotatable bonds is 4. The van der Waals surface area contributed by atoms with Crippen LogP contribution in [0, 0.1) is 0 Å². The molecule has 0 N–H and O–H groups in total. The number of amides is 2. The van der Waals surface area contributed by atoms with Crippen molar-refractivity contribution in [3.63, 3.8) is 0 Å². The Morgan fingerprint density at radius 1 is 1.04 bits per heavy atom. The molecule has 4 rings (SSSR count). The molecule has 2 amide bonds. The van der Waals surface area contributed by atoms with Crippen molar-refractivity contribution in [3.8, 4) is 5.75 Å². The summed E-state index contributed by atoms with van der Waals surface area (Å²) in [6.07, 6.45) is 0.467. The Bertz CT molecular complexity index is 845. The van der Waals surface area contributed by atoms with Crippen LogP contribution >= 0.6 is 0 Å². The number of para-hydroxylation sites is 1. The second kappa shape index (κ2) is 7.31. The summed E-state index contributed by atoms with van der Waals surface area (Å²) >= 11 is 0. The van der Waals surface area contributed by atoms with E-state index < -0.39 is 0 Å². The van der Waals surface area contributed by atoms with Gasteiger partial charge in [-0.15, -0.1) is 0 Å². The third kappa shape index (κ3) is 3.60. The minimum Gasteiger partial charge on any atom is -0.484 e. The molecule has 0 saturated carbocycles. The lowest BCUT2D eigenvalue weighted by atomic mass is 10.1. The van der Waals surface area contributed by atoms with Crippen LogP contribution in [0.4, 0.5) is 11.4 Å². The molecule has 0 unspecified atom stereocenters. The molecule has 6 heteroatoms. The second-order valence-corrected chi connectivity index (χ2v) is 6.91. The van der Waals surface area contributed by atoms with E-state index in [0.717, 1.165) is 30.0 Å². The molecular formula is C21H23N3O3. The molecular weight excluding hydrogens is 342 g/mol. The fourth-order valence-electron chi connectivity index (χ4n) is 3.62. The van der Waals surface area contributed by atoms with Crippen LogP contribution in [0.2, 0.25) is 0 Å². The van der Waals surface area contributed by atoms with Gasteiger partial charge in [0.15, 0.2) is 6.61 Å². The van der Waals surface area contributed by atoms with Crippen LogP contribution in [-0.2, 0) is 16.0 Å². The van der Waals surface area contributed by atoms with Crippen LogP contribution in [0.25, 0.3) is 0 Å². The van der Waals surface area contributed by atoms with Gasteiger partial charge in [-0.25, -0.2) is 0 Å². The molecule has 0 radical (unpaired) electrons. The quantitative estimate of drug-likeness (QED) is 0.831. The van der Waals surface area contributed by atoms with E-state index in [1.54, 1.807) is 4.90 Å². The van der Waals surface area contributed by atoms with E-state index in [9.17, 15) is 9.59 Å². The summed E-state index contributed by atoms with van der Waals surface area (Å²) in [6.45, 7) is 2.97. The van der Waals surface area contributed by atoms with Crippen LogP contribution in [0.5, 0.6) is 5.75 Å². The Labute approximate surface area is 158 Å². The zero-order valence-corrected chi connectivity index (χ0v) is 15.4. The Morgan fingerprint density at radius 3 is 2.52 bits per heavy atom. The molecule has 1 saturated heterocycles. The number of hydrogen-bond acceptors (Lipinski definition) is 4. The molecule has 0 aliphatic carbocycles. The van der Waals surface area contributed by atoms with Gasteiger partial charge in [0.25, 0.3) is 5.91 Å². The molecule has 2 aromatic rings. The highest BCUT2D eigenvalue weighted by molar-refractivity contribution is 6.01. The summed E-state index contributed by atoms with van der Waals surface area (Å²) in [6, 6.07) is 15.6. The maximum atomic E-state index is 12.4. The van der Waals surface area contributed by atoms with Gasteiger partial charge in [-0.05, 0) is 35.9 Å². The molecule has 2 aliphatic heterocycles. The molecule has 2 heterocycles. The minimum atomic E-state index is 0.0136. The molecule has 1 fully saturated rings. The number of nitrogens with zero attached hydrogens (tertiary/aromatic N) is 3. The highest BCUT2D eigenvalue weighted by Gasteiger charge is 2.26. The summed E-state index contributed by atoms with van der Waals surface area (Å²) in [5, 5.41) is 0. The largest absolute Gasteiger partial charge is 0.484 e. The Balaban J connectivity index is 1.32. The van der Waals surface area contributed by atoms with Crippen molar-refractivity contribution >= 4 is 23.2 Å². The van der Waals surface area contributed by atoms with Crippen molar-refractivity contribution in [2.24, 2.45) is 0 Å². The Morgan fingerprint density at radius 2 is 1.78 bits per heavy atom. The molecule has 140 valence electrons. The van der Waals surface area contributed by atoms with Crippen molar-refractivity contribution in [1.29, 1.82) is 0 Å². The number of benzene rings is 2. The first kappa shape index (κ1) is 17.4. The summed E-state index contributed by atoms with van der Waals surface area (Å²) in [4.78, 5) is 30.1. The SMILES string of the molecule is CN1C(=O)Cc2cc(N3CCN(C(=O)COc4ccccc4)CC3)ccc21. The van der Waals surface area contributed by atoms with Crippen molar-refractivity contribution in [1.82, 2.24) is 4.90 Å². The lowest BCUT2D eigenvalue weighted by Crippen LogP contribution is -2.50. The second-order valence-electron chi connectivity index (χ2n) is 6.91. The maximum Gasteiger partial charge on any atom is 0.260 e. The highest BCUT2D eigenvalue weighted by Crippen LogP contribution is 2.31. The van der Waals surface area contributed by atoms with E-state index in [-0.39, 0.29) is 18.4 Å². The van der Waals surface area contributed by atoms with Gasteiger partial charge in [0.1, 0.15) is 5.75 Å². The van der Waals surface area contributed by atoms with E-state index >= 15 is 0 Å². The van der Waals surface area contributed by atoms with Crippen molar-refractivity contribution in [2.45, 2.75) is 6.42 Å². The third-order valence-electron chi connectivity index (χ3n) is 5.24. The molecule has 2 aliphatic rings.